The molecule has 1 aliphatic carbocycles. The number of halogens is 2. The van der Waals surface area contributed by atoms with Gasteiger partial charge in [0.2, 0.25) is 11.4 Å². The van der Waals surface area contributed by atoms with Gasteiger partial charge in [0.1, 0.15) is 0 Å². The van der Waals surface area contributed by atoms with Crippen LogP contribution in [0.15, 0.2) is 10.6 Å². The number of aliphatic hydroxyl groups is 1. The van der Waals surface area contributed by atoms with Crippen LogP contribution in [0.5, 0.6) is 0 Å². The summed E-state index contributed by atoms with van der Waals surface area (Å²) in [6.07, 6.45) is 1.44. The third-order valence-corrected chi connectivity index (χ3v) is 4.42. The normalized spacial score (nSPS) is 20.8. The van der Waals surface area contributed by atoms with Crippen molar-refractivity contribution in [3.05, 3.63) is 23.3 Å². The third-order valence-electron chi connectivity index (χ3n) is 4.42. The maximum atomic E-state index is 14.2. The van der Waals surface area contributed by atoms with Crippen LogP contribution in [0, 0.1) is 11.6 Å². The summed E-state index contributed by atoms with van der Waals surface area (Å²) in [5.41, 5.74) is -1.07. The van der Waals surface area contributed by atoms with Gasteiger partial charge in [0.15, 0.2) is 17.9 Å². The van der Waals surface area contributed by atoms with Crippen molar-refractivity contribution in [2.45, 2.75) is 31.2 Å². The Morgan fingerprint density at radius 2 is 2.00 bits per heavy atom. The zero-order valence-corrected chi connectivity index (χ0v) is 12.3. The van der Waals surface area contributed by atoms with Crippen molar-refractivity contribution >= 4 is 16.8 Å². The number of nitrogens with one attached hydrogen (secondary N) is 1. The molecule has 2 aromatic rings. The van der Waals surface area contributed by atoms with E-state index in [1.165, 1.54) is 6.07 Å². The standard InChI is InChI=1S/C15H16F2N2O4/c16-10-8(14-21-4-5-22-14)6-9-12(11(10)17)23-19-13(9)18-7-15(20)2-1-3-15/h6,14,20H,1-5,7H2,(H,18,19). The molecule has 2 aliphatic rings. The highest BCUT2D eigenvalue weighted by molar-refractivity contribution is 5.89. The van der Waals surface area contributed by atoms with Crippen LogP contribution in [-0.2, 0) is 9.47 Å². The molecule has 23 heavy (non-hydrogen) atoms. The number of rotatable bonds is 4. The number of hydrogen-bond donors (Lipinski definition) is 2. The number of aromatic nitrogens is 1. The lowest BCUT2D eigenvalue weighted by molar-refractivity contribution is -0.0467. The molecule has 1 saturated heterocycles. The Labute approximate surface area is 130 Å². The maximum absolute atomic E-state index is 14.2. The smallest absolute Gasteiger partial charge is 0.207 e. The first-order chi connectivity index (χ1) is 11.1. The van der Waals surface area contributed by atoms with Gasteiger partial charge in [-0.3, -0.25) is 0 Å². The molecule has 2 N–H and O–H groups in total. The molecule has 0 amide bonds. The summed E-state index contributed by atoms with van der Waals surface area (Å²) < 4.78 is 43.7. The van der Waals surface area contributed by atoms with Gasteiger partial charge in [-0.1, -0.05) is 5.16 Å². The molecule has 0 spiro atoms. The van der Waals surface area contributed by atoms with Crippen molar-refractivity contribution in [1.82, 2.24) is 5.16 Å². The second kappa shape index (κ2) is 5.40. The molecule has 0 bridgehead atoms. The first kappa shape index (κ1) is 14.8. The summed E-state index contributed by atoms with van der Waals surface area (Å²) in [4.78, 5) is 0. The molecular weight excluding hydrogens is 310 g/mol. The molecule has 1 aromatic carbocycles. The van der Waals surface area contributed by atoms with Crippen LogP contribution in [-0.4, -0.2) is 35.6 Å². The molecule has 1 aliphatic heterocycles. The van der Waals surface area contributed by atoms with E-state index in [4.69, 9.17) is 14.0 Å². The van der Waals surface area contributed by atoms with E-state index in [2.05, 4.69) is 10.5 Å². The minimum atomic E-state index is -1.13. The predicted octanol–water partition coefficient (Wildman–Crippen LogP) is 2.48. The van der Waals surface area contributed by atoms with Crippen LogP contribution in [0.2, 0.25) is 0 Å². The molecule has 2 heterocycles. The Morgan fingerprint density at radius 3 is 2.65 bits per heavy atom. The quantitative estimate of drug-likeness (QED) is 0.899. The average molecular weight is 326 g/mol. The van der Waals surface area contributed by atoms with Crippen molar-refractivity contribution in [3.8, 4) is 0 Å². The van der Waals surface area contributed by atoms with Crippen LogP contribution in [0.25, 0.3) is 11.0 Å². The fourth-order valence-corrected chi connectivity index (χ4v) is 2.88. The second-order valence-electron chi connectivity index (χ2n) is 6.01. The van der Waals surface area contributed by atoms with Gasteiger partial charge >= 0.3 is 0 Å². The fraction of sp³-hybridized carbons (Fsp3) is 0.533. The van der Waals surface area contributed by atoms with Gasteiger partial charge in [-0.2, -0.15) is 4.39 Å². The Kier molecular flexibility index (Phi) is 3.47. The highest BCUT2D eigenvalue weighted by atomic mass is 19.2. The largest absolute Gasteiger partial charge is 0.388 e. The van der Waals surface area contributed by atoms with Gasteiger partial charge in [-0.25, -0.2) is 4.39 Å². The molecule has 1 aromatic heterocycles. The van der Waals surface area contributed by atoms with Gasteiger partial charge in [-0.05, 0) is 25.3 Å². The number of ether oxygens (including phenoxy) is 2. The molecule has 1 saturated carbocycles. The molecule has 0 unspecified atom stereocenters. The van der Waals surface area contributed by atoms with Gasteiger partial charge in [-0.15, -0.1) is 0 Å². The number of benzene rings is 1. The summed E-state index contributed by atoms with van der Waals surface area (Å²) in [7, 11) is 0. The van der Waals surface area contributed by atoms with Crippen molar-refractivity contribution < 1.29 is 27.9 Å². The van der Waals surface area contributed by atoms with Crippen molar-refractivity contribution in [2.24, 2.45) is 0 Å². The molecule has 0 radical (unpaired) electrons. The third kappa shape index (κ3) is 2.46. The highest BCUT2D eigenvalue weighted by Crippen LogP contribution is 2.36. The summed E-state index contributed by atoms with van der Waals surface area (Å²) in [6, 6.07) is 1.41. The van der Waals surface area contributed by atoms with Gasteiger partial charge < -0.3 is 24.4 Å². The van der Waals surface area contributed by atoms with Crippen molar-refractivity contribution in [2.75, 3.05) is 25.1 Å². The predicted molar refractivity (Wildman–Crippen MR) is 75.9 cm³/mol. The van der Waals surface area contributed by atoms with Crippen molar-refractivity contribution in [3.63, 3.8) is 0 Å². The van der Waals surface area contributed by atoms with E-state index in [0.717, 1.165) is 6.42 Å². The van der Waals surface area contributed by atoms with Crippen LogP contribution >= 0.6 is 0 Å². The summed E-state index contributed by atoms with van der Waals surface area (Å²) in [6.45, 7) is 0.927. The number of fused-ring (bicyclic) bond motifs is 1. The first-order valence-electron chi connectivity index (χ1n) is 7.54. The minimum Gasteiger partial charge on any atom is -0.388 e. The van der Waals surface area contributed by atoms with Gasteiger partial charge in [0.05, 0.1) is 24.2 Å². The SMILES string of the molecule is OC1(CNc2noc3c(F)c(F)c(C4OCCO4)cc23)CCC1. The Hall–Kier alpha value is -1.77. The highest BCUT2D eigenvalue weighted by Gasteiger charge is 2.35. The lowest BCUT2D eigenvalue weighted by Gasteiger charge is -2.36. The number of nitrogens with zero attached hydrogens (tertiary/aromatic N) is 1. The van der Waals surface area contributed by atoms with E-state index in [1.807, 2.05) is 0 Å². The zero-order valence-electron chi connectivity index (χ0n) is 12.3. The average Bonchev–Trinajstić information content (AvgIpc) is 3.16. The lowest BCUT2D eigenvalue weighted by atomic mass is 9.80. The van der Waals surface area contributed by atoms with Crippen LogP contribution in [0.4, 0.5) is 14.6 Å². The number of anilines is 1. The fourth-order valence-electron chi connectivity index (χ4n) is 2.88. The van der Waals surface area contributed by atoms with E-state index in [1.54, 1.807) is 0 Å². The van der Waals surface area contributed by atoms with Crippen molar-refractivity contribution in [1.29, 1.82) is 0 Å². The van der Waals surface area contributed by atoms with Gasteiger partial charge in [0, 0.05) is 12.1 Å². The van der Waals surface area contributed by atoms with Crippen LogP contribution < -0.4 is 5.32 Å². The lowest BCUT2D eigenvalue weighted by Crippen LogP contribution is -2.43. The van der Waals surface area contributed by atoms with Crippen LogP contribution in [0.1, 0.15) is 31.1 Å². The monoisotopic (exact) mass is 326 g/mol. The Balaban J connectivity index is 1.68. The summed E-state index contributed by atoms with van der Waals surface area (Å²) >= 11 is 0. The molecular formula is C15H16F2N2O4. The Bertz CT molecular complexity index is 739. The molecule has 8 heteroatoms. The summed E-state index contributed by atoms with van der Waals surface area (Å²) in [5.74, 6) is -1.93. The molecule has 124 valence electrons. The first-order valence-corrected chi connectivity index (χ1v) is 7.54. The van der Waals surface area contributed by atoms with E-state index in [0.29, 0.717) is 31.4 Å². The Morgan fingerprint density at radius 1 is 1.26 bits per heavy atom. The van der Waals surface area contributed by atoms with Gasteiger partial charge in [0.25, 0.3) is 0 Å². The molecule has 0 atom stereocenters. The summed E-state index contributed by atoms with van der Waals surface area (Å²) in [5, 5.41) is 17.1. The maximum Gasteiger partial charge on any atom is 0.207 e. The molecule has 2 fully saturated rings. The van der Waals surface area contributed by atoms with E-state index in [9.17, 15) is 13.9 Å². The minimum absolute atomic E-state index is 0.0268. The van der Waals surface area contributed by atoms with Crippen LogP contribution in [0.3, 0.4) is 0 Å². The topological polar surface area (TPSA) is 76.8 Å². The molecule has 6 nitrogen and oxygen atoms in total. The number of hydrogen-bond acceptors (Lipinski definition) is 6. The molecule has 4 rings (SSSR count). The van der Waals surface area contributed by atoms with E-state index in [-0.39, 0.29) is 23.5 Å². The zero-order chi connectivity index (χ0) is 16.0. The van der Waals surface area contributed by atoms with E-state index >= 15 is 0 Å². The second-order valence-corrected chi connectivity index (χ2v) is 6.01. The van der Waals surface area contributed by atoms with E-state index < -0.39 is 23.5 Å².